The lowest BCUT2D eigenvalue weighted by molar-refractivity contribution is -0.123. The summed E-state index contributed by atoms with van der Waals surface area (Å²) in [5, 5.41) is 9.65. The van der Waals surface area contributed by atoms with Crippen LogP contribution in [0.15, 0.2) is 36.4 Å². The molecule has 2 heterocycles. The molecule has 0 aliphatic carbocycles. The Balaban J connectivity index is 1.68. The maximum absolute atomic E-state index is 12.6. The number of nitrogens with zero attached hydrogens (tertiary/aromatic N) is 3. The Morgan fingerprint density at radius 1 is 1.23 bits per heavy atom. The molecule has 0 bridgehead atoms. The van der Waals surface area contributed by atoms with E-state index in [0.717, 1.165) is 0 Å². The number of aromatic nitrogens is 1. The van der Waals surface area contributed by atoms with E-state index in [2.05, 4.69) is 15.8 Å². The van der Waals surface area contributed by atoms with Gasteiger partial charge in [-0.05, 0) is 38.3 Å². The minimum Gasteiger partial charge on any atom is -0.480 e. The van der Waals surface area contributed by atoms with Gasteiger partial charge in [-0.1, -0.05) is 30.3 Å². The molecule has 3 rings (SSSR count). The topological polar surface area (TPSA) is 139 Å². The second-order valence-electron chi connectivity index (χ2n) is 8.45. The van der Waals surface area contributed by atoms with E-state index in [1.165, 1.54) is 13.2 Å². The molecule has 11 heteroatoms. The molecule has 0 atom stereocenters. The molecule has 1 amide bonds. The van der Waals surface area contributed by atoms with E-state index in [1.54, 1.807) is 44.2 Å². The van der Waals surface area contributed by atoms with E-state index < -0.39 is 27.8 Å². The number of carbonyl (C=O) groups excluding carboxylic acids is 2. The molecule has 186 valence electrons. The Kier molecular flexibility index (Phi) is 8.30. The van der Waals surface area contributed by atoms with Crippen LogP contribution in [0.1, 0.15) is 48.2 Å². The Labute approximate surface area is 204 Å². The molecule has 0 spiro atoms. The summed E-state index contributed by atoms with van der Waals surface area (Å²) >= 11 is 0. The van der Waals surface area contributed by atoms with Crippen LogP contribution in [0, 0.1) is 17.2 Å². The zero-order chi connectivity index (χ0) is 25.6. The number of pyridine rings is 1. The van der Waals surface area contributed by atoms with Crippen LogP contribution in [0.2, 0.25) is 0 Å². The van der Waals surface area contributed by atoms with E-state index in [1.807, 2.05) is 4.90 Å². The maximum Gasteiger partial charge on any atom is 0.343 e. The van der Waals surface area contributed by atoms with Gasteiger partial charge < -0.3 is 14.4 Å². The molecule has 0 radical (unpaired) electrons. The molecule has 0 unspecified atom stereocenters. The minimum absolute atomic E-state index is 0.0384. The Morgan fingerprint density at radius 3 is 2.46 bits per heavy atom. The highest BCUT2D eigenvalue weighted by molar-refractivity contribution is 7.89. The quantitative estimate of drug-likeness (QED) is 0.541. The number of ether oxygens (including phenoxy) is 2. The van der Waals surface area contributed by atoms with Crippen LogP contribution in [-0.4, -0.2) is 51.6 Å². The number of hydrogen-bond acceptors (Lipinski definition) is 9. The molecular weight excluding hydrogens is 472 g/mol. The molecule has 0 saturated carbocycles. The van der Waals surface area contributed by atoms with Gasteiger partial charge in [0.15, 0.2) is 5.82 Å². The van der Waals surface area contributed by atoms with E-state index in [4.69, 9.17) is 9.47 Å². The second kappa shape index (κ2) is 11.2. The third kappa shape index (κ3) is 6.70. The number of esters is 1. The summed E-state index contributed by atoms with van der Waals surface area (Å²) in [6, 6.07) is 12.1. The zero-order valence-electron chi connectivity index (χ0n) is 19.9. The van der Waals surface area contributed by atoms with Gasteiger partial charge in [-0.2, -0.15) is 10.2 Å². The monoisotopic (exact) mass is 500 g/mol. The average molecular weight is 501 g/mol. The van der Waals surface area contributed by atoms with E-state index in [9.17, 15) is 23.3 Å². The van der Waals surface area contributed by atoms with Crippen LogP contribution in [0.5, 0.6) is 5.88 Å². The smallest absolute Gasteiger partial charge is 0.343 e. The maximum atomic E-state index is 12.6. The highest BCUT2D eigenvalue weighted by Crippen LogP contribution is 2.30. The van der Waals surface area contributed by atoms with Gasteiger partial charge in [0.1, 0.15) is 11.6 Å². The summed E-state index contributed by atoms with van der Waals surface area (Å²) in [5.41, 5.74) is 0.821. The van der Waals surface area contributed by atoms with Gasteiger partial charge >= 0.3 is 5.97 Å². The number of methoxy groups -OCH3 is 1. The molecule has 1 N–H and O–H groups in total. The number of benzene rings is 1. The van der Waals surface area contributed by atoms with Crippen molar-refractivity contribution in [2.24, 2.45) is 5.92 Å². The van der Waals surface area contributed by atoms with Crippen LogP contribution in [0.4, 0.5) is 5.82 Å². The summed E-state index contributed by atoms with van der Waals surface area (Å²) < 4.78 is 37.5. The molecular formula is C24H28N4O6S. The van der Waals surface area contributed by atoms with Gasteiger partial charge in [-0.15, -0.1) is 0 Å². The molecule has 1 fully saturated rings. The van der Waals surface area contributed by atoms with Gasteiger partial charge in [-0.25, -0.2) is 13.2 Å². The largest absolute Gasteiger partial charge is 0.480 e. The van der Waals surface area contributed by atoms with E-state index in [0.29, 0.717) is 37.3 Å². The molecule has 1 aliphatic rings. The van der Waals surface area contributed by atoms with Crippen LogP contribution < -0.4 is 14.4 Å². The van der Waals surface area contributed by atoms with Crippen molar-refractivity contribution in [3.63, 3.8) is 0 Å². The number of rotatable bonds is 8. The fourth-order valence-electron chi connectivity index (χ4n) is 3.81. The third-order valence-electron chi connectivity index (χ3n) is 5.46. The molecule has 2 aromatic rings. The lowest BCUT2D eigenvalue weighted by Gasteiger charge is -2.32. The van der Waals surface area contributed by atoms with Crippen LogP contribution in [0.3, 0.4) is 0 Å². The van der Waals surface area contributed by atoms with Gasteiger partial charge in [0.05, 0.1) is 24.5 Å². The predicted octanol–water partition coefficient (Wildman–Crippen LogP) is 2.39. The zero-order valence-corrected chi connectivity index (χ0v) is 20.7. The lowest BCUT2D eigenvalue weighted by atomic mass is 9.96. The van der Waals surface area contributed by atoms with Crippen LogP contribution in [-0.2, 0) is 25.3 Å². The van der Waals surface area contributed by atoms with Crippen molar-refractivity contribution in [1.82, 2.24) is 9.71 Å². The molecule has 1 saturated heterocycles. The average Bonchev–Trinajstić information content (AvgIpc) is 2.82. The number of hydrogen-bond donors (Lipinski definition) is 1. The number of anilines is 1. The molecule has 1 aliphatic heterocycles. The molecule has 1 aromatic heterocycles. The minimum atomic E-state index is -3.82. The van der Waals surface area contributed by atoms with Gasteiger partial charge in [0.25, 0.3) is 0 Å². The molecule has 35 heavy (non-hydrogen) atoms. The number of amides is 1. The molecule has 1 aromatic carbocycles. The Bertz CT molecular complexity index is 1220. The van der Waals surface area contributed by atoms with Gasteiger partial charge in [0, 0.05) is 19.0 Å². The van der Waals surface area contributed by atoms with Crippen molar-refractivity contribution in [2.45, 2.75) is 38.5 Å². The summed E-state index contributed by atoms with van der Waals surface area (Å²) in [6.07, 6.45) is 0.399. The highest BCUT2D eigenvalue weighted by Gasteiger charge is 2.30. The molecule has 10 nitrogen and oxygen atoms in total. The van der Waals surface area contributed by atoms with Crippen molar-refractivity contribution in [1.29, 1.82) is 5.26 Å². The number of nitrogens with one attached hydrogen (secondary N) is 1. The first-order valence-electron chi connectivity index (χ1n) is 11.2. The summed E-state index contributed by atoms with van der Waals surface area (Å²) in [4.78, 5) is 31.2. The normalized spacial score (nSPS) is 14.3. The number of nitriles is 1. The number of piperidine rings is 1. The van der Waals surface area contributed by atoms with Crippen LogP contribution in [0.25, 0.3) is 0 Å². The third-order valence-corrected chi connectivity index (χ3v) is 6.69. The van der Waals surface area contributed by atoms with Crippen LogP contribution >= 0.6 is 0 Å². The number of sulfonamides is 1. The SMILES string of the molecule is COc1nc(N2CCC(C(=O)NS(=O)(=O)Cc3ccccc3)CC2)c(C#N)cc1C(=O)OC(C)C. The van der Waals surface area contributed by atoms with Crippen molar-refractivity contribution in [3.8, 4) is 11.9 Å². The first kappa shape index (κ1) is 26.0. The van der Waals surface area contributed by atoms with Crippen molar-refractivity contribution in [2.75, 3.05) is 25.1 Å². The lowest BCUT2D eigenvalue weighted by Crippen LogP contribution is -2.43. The van der Waals surface area contributed by atoms with E-state index >= 15 is 0 Å². The fraction of sp³-hybridized carbons (Fsp3) is 0.417. The standard InChI is InChI=1S/C24H28N4O6S/c1-16(2)34-24(30)20-13-19(14-25)21(26-23(20)33-3)28-11-9-18(10-12-28)22(29)27-35(31,32)15-17-7-5-4-6-8-17/h4-8,13,16,18H,9-12,15H2,1-3H3,(H,27,29). The second-order valence-corrected chi connectivity index (χ2v) is 10.2. The van der Waals surface area contributed by atoms with Gasteiger partial charge in [0.2, 0.25) is 21.8 Å². The van der Waals surface area contributed by atoms with Crippen molar-refractivity contribution >= 4 is 27.7 Å². The summed E-state index contributed by atoms with van der Waals surface area (Å²) in [5.74, 6) is -1.58. The summed E-state index contributed by atoms with van der Waals surface area (Å²) in [7, 11) is -2.45. The first-order valence-corrected chi connectivity index (χ1v) is 12.8. The first-order chi connectivity index (χ1) is 16.6. The van der Waals surface area contributed by atoms with Crippen molar-refractivity contribution < 1.29 is 27.5 Å². The van der Waals surface area contributed by atoms with E-state index in [-0.39, 0.29) is 28.9 Å². The Morgan fingerprint density at radius 2 is 1.89 bits per heavy atom. The fourth-order valence-corrected chi connectivity index (χ4v) is 4.99. The Hall–Kier alpha value is -3.65. The van der Waals surface area contributed by atoms with Crippen molar-refractivity contribution in [3.05, 3.63) is 53.1 Å². The summed E-state index contributed by atoms with van der Waals surface area (Å²) in [6.45, 7) is 4.17. The number of carbonyl (C=O) groups is 2. The highest BCUT2D eigenvalue weighted by atomic mass is 32.2. The van der Waals surface area contributed by atoms with Gasteiger partial charge in [-0.3, -0.25) is 9.52 Å². The predicted molar refractivity (Wildman–Crippen MR) is 128 cm³/mol.